The first-order chi connectivity index (χ1) is 10.9. The van der Waals surface area contributed by atoms with Crippen molar-refractivity contribution >= 4 is 17.3 Å². The highest BCUT2D eigenvalue weighted by atomic mass is 32.1. The zero-order valence-electron chi connectivity index (χ0n) is 13.7. The third kappa shape index (κ3) is 2.90. The van der Waals surface area contributed by atoms with Crippen LogP contribution < -0.4 is 0 Å². The zero-order valence-corrected chi connectivity index (χ0v) is 14.6. The molecule has 0 atom stereocenters. The van der Waals surface area contributed by atoms with Gasteiger partial charge in [-0.3, -0.25) is 4.90 Å². The van der Waals surface area contributed by atoms with Crippen molar-refractivity contribution in [3.05, 3.63) is 33.8 Å². The van der Waals surface area contributed by atoms with Crippen LogP contribution in [0, 0.1) is 20.8 Å². The second-order valence-corrected chi connectivity index (χ2v) is 7.49. The summed E-state index contributed by atoms with van der Waals surface area (Å²) in [6.07, 6.45) is 4.65. The molecule has 0 saturated carbocycles. The number of carbonyl (C=O) groups is 1. The maximum absolute atomic E-state index is 12.0. The van der Waals surface area contributed by atoms with Crippen LogP contribution in [0.5, 0.6) is 0 Å². The molecule has 1 N–H and O–H groups in total. The fourth-order valence-corrected chi connectivity index (χ4v) is 4.37. The summed E-state index contributed by atoms with van der Waals surface area (Å²) in [5.74, 6) is -0.00200. The minimum Gasteiger partial charge on any atom is -0.479 e. The molecule has 3 rings (SSSR count). The van der Waals surface area contributed by atoms with E-state index in [1.165, 1.54) is 4.88 Å². The number of rotatable bonds is 4. The Hall–Kier alpha value is -1.73. The highest BCUT2D eigenvalue weighted by Gasteiger charge is 2.43. The number of aliphatic carboxylic acids is 1. The molecule has 23 heavy (non-hydrogen) atoms. The summed E-state index contributed by atoms with van der Waals surface area (Å²) in [4.78, 5) is 24.3. The quantitative estimate of drug-likeness (QED) is 0.929. The Morgan fingerprint density at radius 3 is 2.52 bits per heavy atom. The summed E-state index contributed by atoms with van der Waals surface area (Å²) in [5, 5.41) is 10.9. The molecular weight excluding hydrogens is 312 g/mol. The Morgan fingerprint density at radius 2 is 2.04 bits per heavy atom. The van der Waals surface area contributed by atoms with E-state index < -0.39 is 11.5 Å². The summed E-state index contributed by atoms with van der Waals surface area (Å²) < 4.78 is 1.83. The molecule has 1 aliphatic rings. The van der Waals surface area contributed by atoms with E-state index in [-0.39, 0.29) is 0 Å². The van der Waals surface area contributed by atoms with Crippen LogP contribution in [0.2, 0.25) is 0 Å². The molecule has 2 aromatic rings. The van der Waals surface area contributed by atoms with Gasteiger partial charge in [0, 0.05) is 36.9 Å². The van der Waals surface area contributed by atoms with Gasteiger partial charge in [0.2, 0.25) is 0 Å². The van der Waals surface area contributed by atoms with Crippen LogP contribution in [0.4, 0.5) is 0 Å². The van der Waals surface area contributed by atoms with E-state index in [0.29, 0.717) is 12.8 Å². The first-order valence-corrected chi connectivity index (χ1v) is 8.63. The van der Waals surface area contributed by atoms with Gasteiger partial charge in [-0.2, -0.15) is 0 Å². The van der Waals surface area contributed by atoms with Crippen molar-refractivity contribution in [2.45, 2.75) is 45.7 Å². The molecular formula is C16H22N4O2S. The summed E-state index contributed by atoms with van der Waals surface area (Å²) in [6, 6.07) is 0. The van der Waals surface area contributed by atoms with Crippen LogP contribution in [0.1, 0.15) is 34.2 Å². The number of aromatic nitrogens is 3. The van der Waals surface area contributed by atoms with Crippen molar-refractivity contribution in [2.24, 2.45) is 0 Å². The van der Waals surface area contributed by atoms with Crippen LogP contribution in [0.25, 0.3) is 0 Å². The van der Waals surface area contributed by atoms with E-state index in [4.69, 9.17) is 0 Å². The topological polar surface area (TPSA) is 71.2 Å². The van der Waals surface area contributed by atoms with Gasteiger partial charge in [-0.1, -0.05) is 0 Å². The largest absolute Gasteiger partial charge is 0.479 e. The number of hydrogen-bond donors (Lipinski definition) is 1. The molecule has 0 bridgehead atoms. The Morgan fingerprint density at radius 1 is 1.35 bits per heavy atom. The average Bonchev–Trinajstić information content (AvgIpc) is 3.06. The normalized spacial score (nSPS) is 18.2. The number of thiazole rings is 1. The van der Waals surface area contributed by atoms with Gasteiger partial charge in [0.15, 0.2) is 0 Å². The molecule has 0 radical (unpaired) electrons. The van der Waals surface area contributed by atoms with E-state index in [1.54, 1.807) is 23.7 Å². The van der Waals surface area contributed by atoms with Crippen LogP contribution in [-0.2, 0) is 16.9 Å². The third-order valence-electron chi connectivity index (χ3n) is 4.74. The molecule has 6 nitrogen and oxygen atoms in total. The highest BCUT2D eigenvalue weighted by Crippen LogP contribution is 2.33. The van der Waals surface area contributed by atoms with Crippen molar-refractivity contribution in [3.8, 4) is 0 Å². The van der Waals surface area contributed by atoms with Gasteiger partial charge in [-0.15, -0.1) is 11.3 Å². The van der Waals surface area contributed by atoms with Gasteiger partial charge in [-0.05, 0) is 33.6 Å². The minimum atomic E-state index is -0.865. The van der Waals surface area contributed by atoms with Crippen molar-refractivity contribution in [3.63, 3.8) is 0 Å². The number of piperidine rings is 1. The van der Waals surface area contributed by atoms with Crippen LogP contribution in [0.3, 0.4) is 0 Å². The molecule has 0 spiro atoms. The molecule has 7 heteroatoms. The highest BCUT2D eigenvalue weighted by molar-refractivity contribution is 7.11. The lowest BCUT2D eigenvalue weighted by atomic mass is 9.87. The number of nitrogens with zero attached hydrogens (tertiary/aromatic N) is 4. The average molecular weight is 334 g/mol. The number of imidazole rings is 1. The van der Waals surface area contributed by atoms with Crippen molar-refractivity contribution in [1.29, 1.82) is 0 Å². The van der Waals surface area contributed by atoms with E-state index >= 15 is 0 Å². The first kappa shape index (κ1) is 16.1. The second-order valence-electron chi connectivity index (χ2n) is 6.20. The van der Waals surface area contributed by atoms with Crippen molar-refractivity contribution < 1.29 is 9.90 Å². The number of carboxylic acid groups (broad SMARTS) is 1. The molecule has 0 amide bonds. The van der Waals surface area contributed by atoms with Crippen LogP contribution in [0.15, 0.2) is 12.4 Å². The fourth-order valence-electron chi connectivity index (χ4n) is 3.39. The molecule has 1 aliphatic heterocycles. The van der Waals surface area contributed by atoms with Gasteiger partial charge >= 0.3 is 5.97 Å². The van der Waals surface area contributed by atoms with Gasteiger partial charge < -0.3 is 9.67 Å². The number of hydrogen-bond acceptors (Lipinski definition) is 5. The number of likely N-dealkylation sites (tertiary alicyclic amines) is 1. The Labute approximate surface area is 139 Å². The van der Waals surface area contributed by atoms with Crippen molar-refractivity contribution in [2.75, 3.05) is 13.1 Å². The molecule has 0 unspecified atom stereocenters. The molecule has 1 saturated heterocycles. The van der Waals surface area contributed by atoms with Gasteiger partial charge in [-0.25, -0.2) is 14.8 Å². The maximum atomic E-state index is 12.0. The smallest absolute Gasteiger partial charge is 0.330 e. The van der Waals surface area contributed by atoms with E-state index in [0.717, 1.165) is 36.2 Å². The lowest BCUT2D eigenvalue weighted by Crippen LogP contribution is -2.51. The zero-order chi connectivity index (χ0) is 16.6. The standard InChI is InChI=1S/C16H22N4O2S/c1-11-14(23-13(3)18-11)10-19-7-4-16(5-8-19,15(21)22)20-9-6-17-12(20)2/h6,9H,4-5,7-8,10H2,1-3H3,(H,21,22). The molecule has 3 heterocycles. The summed E-state index contributed by atoms with van der Waals surface area (Å²) in [5.41, 5.74) is 0.225. The van der Waals surface area contributed by atoms with E-state index in [1.807, 2.05) is 25.3 Å². The van der Waals surface area contributed by atoms with Gasteiger partial charge in [0.05, 0.1) is 10.7 Å². The predicted octanol–water partition coefficient (Wildman–Crippen LogP) is 2.34. The SMILES string of the molecule is Cc1nc(C)c(CN2CCC(C(=O)O)(n3ccnc3C)CC2)s1. The number of carboxylic acids is 1. The van der Waals surface area contributed by atoms with E-state index in [9.17, 15) is 9.90 Å². The lowest BCUT2D eigenvalue weighted by molar-refractivity contribution is -0.150. The molecule has 124 valence electrons. The maximum Gasteiger partial charge on any atom is 0.330 e. The monoisotopic (exact) mass is 334 g/mol. The second kappa shape index (κ2) is 6.05. The summed E-state index contributed by atoms with van der Waals surface area (Å²) in [7, 11) is 0. The Balaban J connectivity index is 1.74. The van der Waals surface area contributed by atoms with Crippen LogP contribution >= 0.6 is 11.3 Å². The lowest BCUT2D eigenvalue weighted by Gasteiger charge is -2.40. The summed E-state index contributed by atoms with van der Waals surface area (Å²) >= 11 is 1.73. The third-order valence-corrected chi connectivity index (χ3v) is 5.79. The van der Waals surface area contributed by atoms with Crippen LogP contribution in [-0.4, -0.2) is 43.6 Å². The van der Waals surface area contributed by atoms with E-state index in [2.05, 4.69) is 14.9 Å². The first-order valence-electron chi connectivity index (χ1n) is 7.81. The minimum absolute atomic E-state index is 0.594. The molecule has 0 aliphatic carbocycles. The Bertz CT molecular complexity index is 713. The van der Waals surface area contributed by atoms with Gasteiger partial charge in [0.25, 0.3) is 0 Å². The fraction of sp³-hybridized carbons (Fsp3) is 0.562. The molecule has 2 aromatic heterocycles. The van der Waals surface area contributed by atoms with Crippen molar-refractivity contribution in [1.82, 2.24) is 19.4 Å². The number of aryl methyl sites for hydroxylation is 3. The molecule has 1 fully saturated rings. The molecule has 0 aromatic carbocycles. The summed E-state index contributed by atoms with van der Waals surface area (Å²) in [6.45, 7) is 8.31. The Kier molecular flexibility index (Phi) is 4.25. The predicted molar refractivity (Wildman–Crippen MR) is 88.7 cm³/mol. The van der Waals surface area contributed by atoms with Gasteiger partial charge in [0.1, 0.15) is 11.4 Å².